The first kappa shape index (κ1) is 20.2. The summed E-state index contributed by atoms with van der Waals surface area (Å²) in [7, 11) is 0. The standard InChI is InChI=1S/C18H31N3O3/c1-6-7-8-13(3)20-16(23)14-10-21(17(24)15(19)22)11-18(4,5)9-12(14)2/h8,12,14H,6-7,9-11H2,1-5H3,(H2,19,22)(H,20,23)/b13-8+. The monoisotopic (exact) mass is 337 g/mol. The molecule has 24 heavy (non-hydrogen) atoms. The maximum absolute atomic E-state index is 12.7. The van der Waals surface area contributed by atoms with Gasteiger partial charge in [0.05, 0.1) is 5.92 Å². The molecule has 136 valence electrons. The highest BCUT2D eigenvalue weighted by molar-refractivity contribution is 6.34. The minimum absolute atomic E-state index is 0.102. The second-order valence-electron chi connectivity index (χ2n) is 7.67. The van der Waals surface area contributed by atoms with E-state index in [0.29, 0.717) is 6.54 Å². The second kappa shape index (κ2) is 8.31. The molecule has 0 aliphatic carbocycles. The number of likely N-dealkylation sites (tertiary alicyclic amines) is 1. The Balaban J connectivity index is 2.96. The molecule has 2 atom stereocenters. The van der Waals surface area contributed by atoms with Gasteiger partial charge in [-0.25, -0.2) is 0 Å². The van der Waals surface area contributed by atoms with Gasteiger partial charge < -0.3 is 16.0 Å². The van der Waals surface area contributed by atoms with E-state index in [9.17, 15) is 14.4 Å². The molecular formula is C18H31N3O3. The molecule has 3 N–H and O–H groups in total. The van der Waals surface area contributed by atoms with Crippen molar-refractivity contribution in [3.05, 3.63) is 11.8 Å². The lowest BCUT2D eigenvalue weighted by molar-refractivity contribution is -0.145. The summed E-state index contributed by atoms with van der Waals surface area (Å²) < 4.78 is 0. The van der Waals surface area contributed by atoms with E-state index in [1.54, 1.807) is 0 Å². The van der Waals surface area contributed by atoms with Crippen LogP contribution in [-0.2, 0) is 14.4 Å². The molecule has 0 bridgehead atoms. The zero-order valence-electron chi connectivity index (χ0n) is 15.5. The van der Waals surface area contributed by atoms with Crippen LogP contribution in [-0.4, -0.2) is 35.7 Å². The minimum atomic E-state index is -0.974. The van der Waals surface area contributed by atoms with Crippen LogP contribution in [0, 0.1) is 17.3 Å². The molecule has 3 amide bonds. The first-order chi connectivity index (χ1) is 11.1. The van der Waals surface area contributed by atoms with E-state index in [2.05, 4.69) is 12.2 Å². The number of allylic oxidation sites excluding steroid dienone is 2. The number of carbonyl (C=O) groups is 3. The van der Waals surface area contributed by atoms with Gasteiger partial charge in [0.2, 0.25) is 5.91 Å². The molecule has 1 heterocycles. The fourth-order valence-electron chi connectivity index (χ4n) is 3.43. The van der Waals surface area contributed by atoms with Crippen LogP contribution in [0.25, 0.3) is 0 Å². The number of unbranched alkanes of at least 4 members (excludes halogenated alkanes) is 1. The second-order valence-corrected chi connectivity index (χ2v) is 7.67. The normalized spacial score (nSPS) is 24.2. The fourth-order valence-corrected chi connectivity index (χ4v) is 3.43. The van der Waals surface area contributed by atoms with Crippen molar-refractivity contribution in [2.75, 3.05) is 13.1 Å². The van der Waals surface area contributed by atoms with Gasteiger partial charge in [-0.1, -0.05) is 40.2 Å². The highest BCUT2D eigenvalue weighted by atomic mass is 16.2. The number of rotatable bonds is 4. The van der Waals surface area contributed by atoms with E-state index in [1.165, 1.54) is 4.90 Å². The molecule has 1 fully saturated rings. The number of nitrogens with zero attached hydrogens (tertiary/aromatic N) is 1. The van der Waals surface area contributed by atoms with Gasteiger partial charge in [0.1, 0.15) is 0 Å². The summed E-state index contributed by atoms with van der Waals surface area (Å²) >= 11 is 0. The molecule has 0 radical (unpaired) electrons. The molecule has 0 spiro atoms. The van der Waals surface area contributed by atoms with Crippen molar-refractivity contribution >= 4 is 17.7 Å². The van der Waals surface area contributed by atoms with Gasteiger partial charge in [0.15, 0.2) is 0 Å². The SMILES string of the molecule is CCC/C=C(\C)NC(=O)C1CN(C(=O)C(N)=O)CC(C)(C)CC1C. The van der Waals surface area contributed by atoms with Crippen LogP contribution in [0.1, 0.15) is 53.9 Å². The molecule has 1 aliphatic rings. The number of amides is 3. The van der Waals surface area contributed by atoms with E-state index in [0.717, 1.165) is 25.0 Å². The largest absolute Gasteiger partial charge is 0.361 e. The quantitative estimate of drug-likeness (QED) is 0.766. The number of nitrogens with two attached hydrogens (primary N) is 1. The van der Waals surface area contributed by atoms with Crippen molar-refractivity contribution in [2.24, 2.45) is 23.0 Å². The van der Waals surface area contributed by atoms with Crippen LogP contribution < -0.4 is 11.1 Å². The lowest BCUT2D eigenvalue weighted by Crippen LogP contribution is -2.47. The van der Waals surface area contributed by atoms with E-state index < -0.39 is 11.8 Å². The minimum Gasteiger partial charge on any atom is -0.361 e. The van der Waals surface area contributed by atoms with Gasteiger partial charge in [-0.3, -0.25) is 14.4 Å². The Morgan fingerprint density at radius 1 is 1.33 bits per heavy atom. The van der Waals surface area contributed by atoms with E-state index in [1.807, 2.05) is 33.8 Å². The molecule has 1 rings (SSSR count). The first-order valence-electron chi connectivity index (χ1n) is 8.63. The third kappa shape index (κ3) is 5.65. The Morgan fingerprint density at radius 3 is 2.50 bits per heavy atom. The lowest BCUT2D eigenvalue weighted by Gasteiger charge is -2.29. The van der Waals surface area contributed by atoms with Gasteiger partial charge in [0.25, 0.3) is 0 Å². The molecular weight excluding hydrogens is 306 g/mol. The van der Waals surface area contributed by atoms with Crippen molar-refractivity contribution in [3.63, 3.8) is 0 Å². The molecule has 6 heteroatoms. The molecule has 0 aromatic carbocycles. The molecule has 1 saturated heterocycles. The maximum atomic E-state index is 12.7. The van der Waals surface area contributed by atoms with Crippen LogP contribution >= 0.6 is 0 Å². The summed E-state index contributed by atoms with van der Waals surface area (Å²) in [5.41, 5.74) is 5.81. The topological polar surface area (TPSA) is 92.5 Å². The molecule has 6 nitrogen and oxygen atoms in total. The third-order valence-corrected chi connectivity index (χ3v) is 4.49. The Bertz CT molecular complexity index is 526. The van der Waals surface area contributed by atoms with Crippen LogP contribution in [0.15, 0.2) is 11.8 Å². The molecule has 0 aromatic rings. The Hall–Kier alpha value is -1.85. The van der Waals surface area contributed by atoms with Gasteiger partial charge in [-0.2, -0.15) is 0 Å². The third-order valence-electron chi connectivity index (χ3n) is 4.49. The molecule has 0 aromatic heterocycles. The number of hydrogen-bond donors (Lipinski definition) is 2. The summed E-state index contributed by atoms with van der Waals surface area (Å²) in [4.78, 5) is 37.5. The van der Waals surface area contributed by atoms with Crippen molar-refractivity contribution in [2.45, 2.75) is 53.9 Å². The van der Waals surface area contributed by atoms with Crippen LogP contribution in [0.4, 0.5) is 0 Å². The number of nitrogens with one attached hydrogen (secondary N) is 1. The predicted molar refractivity (Wildman–Crippen MR) is 93.6 cm³/mol. The van der Waals surface area contributed by atoms with Crippen molar-refractivity contribution in [3.8, 4) is 0 Å². The van der Waals surface area contributed by atoms with Crippen LogP contribution in [0.5, 0.6) is 0 Å². The number of primary amides is 1. The van der Waals surface area contributed by atoms with Crippen molar-refractivity contribution < 1.29 is 14.4 Å². The van der Waals surface area contributed by atoms with Gasteiger partial charge in [0, 0.05) is 18.8 Å². The summed E-state index contributed by atoms with van der Waals surface area (Å²) in [5.74, 6) is -2.05. The van der Waals surface area contributed by atoms with E-state index in [-0.39, 0.29) is 29.7 Å². The zero-order chi connectivity index (χ0) is 18.5. The average molecular weight is 337 g/mol. The van der Waals surface area contributed by atoms with Crippen LogP contribution in [0.2, 0.25) is 0 Å². The predicted octanol–water partition coefficient (Wildman–Crippen LogP) is 1.80. The molecule has 2 unspecified atom stereocenters. The maximum Gasteiger partial charge on any atom is 0.311 e. The van der Waals surface area contributed by atoms with Crippen LogP contribution in [0.3, 0.4) is 0 Å². The first-order valence-corrected chi connectivity index (χ1v) is 8.63. The van der Waals surface area contributed by atoms with Gasteiger partial charge in [-0.15, -0.1) is 0 Å². The fraction of sp³-hybridized carbons (Fsp3) is 0.722. The lowest BCUT2D eigenvalue weighted by atomic mass is 9.80. The Labute approximate surface area is 144 Å². The summed E-state index contributed by atoms with van der Waals surface area (Å²) in [6, 6.07) is 0. The van der Waals surface area contributed by atoms with Crippen molar-refractivity contribution in [1.82, 2.24) is 10.2 Å². The van der Waals surface area contributed by atoms with E-state index >= 15 is 0 Å². The molecule has 1 aliphatic heterocycles. The summed E-state index contributed by atoms with van der Waals surface area (Å²) in [6.07, 6.45) is 4.72. The van der Waals surface area contributed by atoms with Gasteiger partial charge >= 0.3 is 11.8 Å². The summed E-state index contributed by atoms with van der Waals surface area (Å²) in [6.45, 7) is 10.7. The number of carbonyl (C=O) groups excluding carboxylic acids is 3. The zero-order valence-corrected chi connectivity index (χ0v) is 15.5. The highest BCUT2D eigenvalue weighted by Gasteiger charge is 2.39. The van der Waals surface area contributed by atoms with E-state index in [4.69, 9.17) is 5.73 Å². The highest BCUT2D eigenvalue weighted by Crippen LogP contribution is 2.34. The summed E-state index contributed by atoms with van der Waals surface area (Å²) in [5, 5.41) is 2.93. The molecule has 0 saturated carbocycles. The van der Waals surface area contributed by atoms with Gasteiger partial charge in [-0.05, 0) is 31.1 Å². The average Bonchev–Trinajstić information content (AvgIpc) is 2.58. The van der Waals surface area contributed by atoms with Crippen molar-refractivity contribution in [1.29, 1.82) is 0 Å². The Morgan fingerprint density at radius 2 is 1.96 bits per heavy atom. The number of hydrogen-bond acceptors (Lipinski definition) is 3. The smallest absolute Gasteiger partial charge is 0.311 e. The Kier molecular flexibility index (Phi) is 6.99.